The monoisotopic (exact) mass is 181 g/mol. The molecule has 4 nitrogen and oxygen atoms in total. The number of carbonyl (C=O) groups excluding carboxylic acids is 1. The lowest BCUT2D eigenvalue weighted by Crippen LogP contribution is -2.25. The Labute approximate surface area is 76.4 Å². The van der Waals surface area contributed by atoms with Gasteiger partial charge in [0.05, 0.1) is 12.8 Å². The summed E-state index contributed by atoms with van der Waals surface area (Å²) in [6, 6.07) is 6.38. The van der Waals surface area contributed by atoms with Crippen molar-refractivity contribution in [2.24, 2.45) is 0 Å². The molecule has 1 N–H and O–H groups in total. The van der Waals surface area contributed by atoms with Crippen molar-refractivity contribution in [3.63, 3.8) is 0 Å². The van der Waals surface area contributed by atoms with Gasteiger partial charge in [0.25, 0.3) is 0 Å². The number of carbonyl (C=O) groups is 1. The fourth-order valence-electron chi connectivity index (χ4n) is 0.944. The number of aromatic hydroxyl groups is 1. The third-order valence-corrected chi connectivity index (χ3v) is 1.67. The maximum Gasteiger partial charge on any atom is 0.413 e. The number of methoxy groups -OCH3 is 1. The van der Waals surface area contributed by atoms with E-state index < -0.39 is 6.09 Å². The van der Waals surface area contributed by atoms with E-state index in [1.807, 2.05) is 0 Å². The van der Waals surface area contributed by atoms with Crippen molar-refractivity contribution in [1.29, 1.82) is 0 Å². The highest BCUT2D eigenvalue weighted by Crippen LogP contribution is 2.18. The van der Waals surface area contributed by atoms with Crippen molar-refractivity contribution in [2.75, 3.05) is 19.1 Å². The normalized spacial score (nSPS) is 9.38. The van der Waals surface area contributed by atoms with Gasteiger partial charge in [-0.05, 0) is 12.1 Å². The fourth-order valence-corrected chi connectivity index (χ4v) is 0.944. The molecule has 0 fully saturated rings. The number of nitrogens with zero attached hydrogens (tertiary/aromatic N) is 1. The van der Waals surface area contributed by atoms with Gasteiger partial charge in [-0.3, -0.25) is 4.90 Å². The molecular formula is C9H11NO3. The van der Waals surface area contributed by atoms with Gasteiger partial charge in [-0.25, -0.2) is 4.79 Å². The van der Waals surface area contributed by atoms with Gasteiger partial charge >= 0.3 is 6.09 Å². The van der Waals surface area contributed by atoms with Crippen molar-refractivity contribution in [2.45, 2.75) is 0 Å². The summed E-state index contributed by atoms with van der Waals surface area (Å²) in [5.41, 5.74) is 0.590. The maximum atomic E-state index is 11.0. The van der Waals surface area contributed by atoms with E-state index in [9.17, 15) is 4.79 Å². The molecule has 0 radical (unpaired) electrons. The predicted octanol–water partition coefficient (Wildman–Crippen LogP) is 1.59. The van der Waals surface area contributed by atoms with Crippen LogP contribution in [-0.2, 0) is 4.74 Å². The molecular weight excluding hydrogens is 170 g/mol. The Morgan fingerprint density at radius 1 is 1.54 bits per heavy atom. The molecule has 0 unspecified atom stereocenters. The summed E-state index contributed by atoms with van der Waals surface area (Å²) < 4.78 is 4.51. The van der Waals surface area contributed by atoms with Gasteiger partial charge in [-0.1, -0.05) is 6.07 Å². The van der Waals surface area contributed by atoms with Gasteiger partial charge in [-0.2, -0.15) is 0 Å². The molecule has 0 aliphatic carbocycles. The molecule has 0 heterocycles. The Hall–Kier alpha value is -1.71. The van der Waals surface area contributed by atoms with Crippen LogP contribution in [0.5, 0.6) is 5.75 Å². The summed E-state index contributed by atoms with van der Waals surface area (Å²) >= 11 is 0. The highest BCUT2D eigenvalue weighted by molar-refractivity contribution is 5.87. The van der Waals surface area contributed by atoms with Crippen LogP contribution in [-0.4, -0.2) is 25.4 Å². The summed E-state index contributed by atoms with van der Waals surface area (Å²) in [4.78, 5) is 12.4. The molecule has 0 atom stereocenters. The van der Waals surface area contributed by atoms with E-state index in [1.54, 1.807) is 19.2 Å². The second-order valence-corrected chi connectivity index (χ2v) is 2.55. The minimum Gasteiger partial charge on any atom is -0.508 e. The second kappa shape index (κ2) is 3.80. The van der Waals surface area contributed by atoms with Gasteiger partial charge < -0.3 is 9.84 Å². The second-order valence-electron chi connectivity index (χ2n) is 2.55. The number of phenolic OH excluding ortho intramolecular Hbond substituents is 1. The van der Waals surface area contributed by atoms with E-state index in [-0.39, 0.29) is 5.75 Å². The maximum absolute atomic E-state index is 11.0. The van der Waals surface area contributed by atoms with Crippen LogP contribution in [0, 0.1) is 0 Å². The van der Waals surface area contributed by atoms with Crippen LogP contribution >= 0.6 is 0 Å². The van der Waals surface area contributed by atoms with Crippen LogP contribution in [0.2, 0.25) is 0 Å². The quantitative estimate of drug-likeness (QED) is 0.715. The number of ether oxygens (including phenoxy) is 1. The smallest absolute Gasteiger partial charge is 0.413 e. The highest BCUT2D eigenvalue weighted by Gasteiger charge is 2.09. The summed E-state index contributed by atoms with van der Waals surface area (Å²) in [7, 11) is 2.88. The minimum atomic E-state index is -0.467. The lowest BCUT2D eigenvalue weighted by Gasteiger charge is -2.15. The number of anilines is 1. The third-order valence-electron chi connectivity index (χ3n) is 1.67. The molecule has 0 aliphatic heterocycles. The van der Waals surface area contributed by atoms with Crippen LogP contribution in [0.3, 0.4) is 0 Å². The average Bonchev–Trinajstić information content (AvgIpc) is 2.15. The van der Waals surface area contributed by atoms with Crippen LogP contribution in [0.1, 0.15) is 0 Å². The van der Waals surface area contributed by atoms with Crippen LogP contribution in [0.25, 0.3) is 0 Å². The molecule has 0 saturated heterocycles. The first kappa shape index (κ1) is 9.38. The first-order valence-electron chi connectivity index (χ1n) is 3.76. The van der Waals surface area contributed by atoms with Crippen molar-refractivity contribution in [1.82, 2.24) is 0 Å². The van der Waals surface area contributed by atoms with Crippen molar-refractivity contribution < 1.29 is 14.6 Å². The predicted molar refractivity (Wildman–Crippen MR) is 48.9 cm³/mol. The molecule has 1 aromatic carbocycles. The van der Waals surface area contributed by atoms with E-state index in [4.69, 9.17) is 5.11 Å². The van der Waals surface area contributed by atoms with Crippen LogP contribution in [0.4, 0.5) is 10.5 Å². The van der Waals surface area contributed by atoms with E-state index >= 15 is 0 Å². The zero-order chi connectivity index (χ0) is 9.84. The van der Waals surface area contributed by atoms with Gasteiger partial charge in [0, 0.05) is 13.1 Å². The molecule has 1 amide bonds. The van der Waals surface area contributed by atoms with Crippen molar-refractivity contribution in [3.8, 4) is 5.75 Å². The van der Waals surface area contributed by atoms with Gasteiger partial charge in [0.15, 0.2) is 0 Å². The lowest BCUT2D eigenvalue weighted by atomic mass is 10.3. The average molecular weight is 181 g/mol. The number of rotatable bonds is 1. The molecule has 70 valence electrons. The summed E-state index contributed by atoms with van der Waals surface area (Å²) in [6.07, 6.45) is -0.467. The lowest BCUT2D eigenvalue weighted by molar-refractivity contribution is 0.180. The molecule has 13 heavy (non-hydrogen) atoms. The number of benzene rings is 1. The first-order valence-corrected chi connectivity index (χ1v) is 3.76. The largest absolute Gasteiger partial charge is 0.508 e. The Morgan fingerprint density at radius 2 is 2.23 bits per heavy atom. The van der Waals surface area contributed by atoms with E-state index in [2.05, 4.69) is 4.74 Å². The molecule has 0 bridgehead atoms. The number of phenols is 1. The van der Waals surface area contributed by atoms with E-state index in [0.29, 0.717) is 5.69 Å². The zero-order valence-corrected chi connectivity index (χ0v) is 7.52. The van der Waals surface area contributed by atoms with Crippen molar-refractivity contribution >= 4 is 11.8 Å². The van der Waals surface area contributed by atoms with Gasteiger partial charge in [0.2, 0.25) is 0 Å². The fraction of sp³-hybridized carbons (Fsp3) is 0.222. The highest BCUT2D eigenvalue weighted by atomic mass is 16.5. The van der Waals surface area contributed by atoms with E-state index in [0.717, 1.165) is 0 Å². The number of amides is 1. The molecule has 0 aromatic heterocycles. The molecule has 1 aromatic rings. The molecule has 0 aliphatic rings. The molecule has 0 saturated carbocycles. The number of hydrogen-bond acceptors (Lipinski definition) is 3. The number of hydrogen-bond donors (Lipinski definition) is 1. The molecule has 4 heteroatoms. The summed E-state index contributed by atoms with van der Waals surface area (Å²) in [5.74, 6) is 0.119. The van der Waals surface area contributed by atoms with E-state index in [1.165, 1.54) is 24.1 Å². The minimum absolute atomic E-state index is 0.119. The van der Waals surface area contributed by atoms with Crippen LogP contribution < -0.4 is 4.90 Å². The Morgan fingerprint density at radius 3 is 2.77 bits per heavy atom. The first-order chi connectivity index (χ1) is 6.15. The summed E-state index contributed by atoms with van der Waals surface area (Å²) in [6.45, 7) is 0. The SMILES string of the molecule is COC(=O)N(C)c1cccc(O)c1. The Balaban J connectivity index is 2.88. The molecule has 0 spiro atoms. The standard InChI is InChI=1S/C9H11NO3/c1-10(9(12)13-2)7-4-3-5-8(11)6-7/h3-6,11H,1-2H3. The Kier molecular flexibility index (Phi) is 2.74. The van der Waals surface area contributed by atoms with Gasteiger partial charge in [-0.15, -0.1) is 0 Å². The van der Waals surface area contributed by atoms with Crippen molar-refractivity contribution in [3.05, 3.63) is 24.3 Å². The zero-order valence-electron chi connectivity index (χ0n) is 7.52. The Bertz CT molecular complexity index is 311. The third kappa shape index (κ3) is 2.11. The van der Waals surface area contributed by atoms with Crippen LogP contribution in [0.15, 0.2) is 24.3 Å². The summed E-state index contributed by atoms with van der Waals surface area (Å²) in [5, 5.41) is 9.14. The van der Waals surface area contributed by atoms with Gasteiger partial charge in [0.1, 0.15) is 5.75 Å². The molecule has 1 rings (SSSR count). The topological polar surface area (TPSA) is 49.8 Å².